The standard InChI is InChI=1S/C19H18F3NO2/c20-14-1-2-17-16(9-14)15(3-4-23-17)12-5-10-7-13(8-11(10)6-12)19(21,22)18(24)25/h1-4,9-13H,5-8H2,(H,24,25)/t10-,11?,12?,13?/m1/s1. The van der Waals surface area contributed by atoms with Crippen LogP contribution in [0.3, 0.4) is 0 Å². The van der Waals surface area contributed by atoms with Crippen LogP contribution in [-0.4, -0.2) is 22.0 Å². The van der Waals surface area contributed by atoms with Crippen LogP contribution in [0, 0.1) is 23.6 Å². The van der Waals surface area contributed by atoms with E-state index in [-0.39, 0.29) is 36.4 Å². The van der Waals surface area contributed by atoms with Crippen molar-refractivity contribution in [3.05, 3.63) is 41.8 Å². The second-order valence-corrected chi connectivity index (χ2v) is 7.35. The molecule has 1 aromatic carbocycles. The Kier molecular flexibility index (Phi) is 3.74. The molecule has 1 N–H and O–H groups in total. The lowest BCUT2D eigenvalue weighted by atomic mass is 9.89. The third-order valence-electron chi connectivity index (χ3n) is 5.99. The summed E-state index contributed by atoms with van der Waals surface area (Å²) in [6.45, 7) is 0. The predicted molar refractivity (Wildman–Crippen MR) is 86.0 cm³/mol. The van der Waals surface area contributed by atoms with Gasteiger partial charge in [0.25, 0.3) is 0 Å². The summed E-state index contributed by atoms with van der Waals surface area (Å²) in [7, 11) is 0. The van der Waals surface area contributed by atoms with Crippen molar-refractivity contribution in [2.24, 2.45) is 17.8 Å². The van der Waals surface area contributed by atoms with Crippen LogP contribution in [0.25, 0.3) is 10.9 Å². The number of carbonyl (C=O) groups is 1. The summed E-state index contributed by atoms with van der Waals surface area (Å²) in [5.41, 5.74) is 1.74. The molecule has 0 radical (unpaired) electrons. The molecular weight excluding hydrogens is 331 g/mol. The van der Waals surface area contributed by atoms with Gasteiger partial charge in [-0.05, 0) is 73.3 Å². The number of benzene rings is 1. The Morgan fingerprint density at radius 1 is 1.12 bits per heavy atom. The SMILES string of the molecule is O=C(O)C(F)(F)C1CC2CC(c3ccnc4ccc(F)cc34)C[C@@H]2C1. The van der Waals surface area contributed by atoms with Gasteiger partial charge < -0.3 is 5.11 Å². The van der Waals surface area contributed by atoms with Gasteiger partial charge in [0.15, 0.2) is 0 Å². The molecule has 0 bridgehead atoms. The molecule has 3 unspecified atom stereocenters. The topological polar surface area (TPSA) is 50.2 Å². The average molecular weight is 349 g/mol. The number of halogens is 3. The number of carboxylic acids is 1. The molecule has 1 aromatic heterocycles. The minimum Gasteiger partial charge on any atom is -0.477 e. The molecule has 2 aliphatic carbocycles. The lowest BCUT2D eigenvalue weighted by Crippen LogP contribution is -2.36. The van der Waals surface area contributed by atoms with Crippen molar-refractivity contribution in [2.75, 3.05) is 0 Å². The van der Waals surface area contributed by atoms with Crippen molar-refractivity contribution in [1.82, 2.24) is 4.98 Å². The molecule has 1 heterocycles. The van der Waals surface area contributed by atoms with Gasteiger partial charge in [-0.25, -0.2) is 9.18 Å². The molecule has 0 aliphatic heterocycles. The fourth-order valence-corrected chi connectivity index (χ4v) is 4.84. The monoisotopic (exact) mass is 349 g/mol. The number of fused-ring (bicyclic) bond motifs is 2. The van der Waals surface area contributed by atoms with E-state index in [2.05, 4.69) is 4.98 Å². The van der Waals surface area contributed by atoms with E-state index in [0.717, 1.165) is 29.3 Å². The van der Waals surface area contributed by atoms with Gasteiger partial charge in [-0.1, -0.05) is 0 Å². The highest BCUT2D eigenvalue weighted by atomic mass is 19.3. The number of hydrogen-bond donors (Lipinski definition) is 1. The lowest BCUT2D eigenvalue weighted by Gasteiger charge is -2.21. The van der Waals surface area contributed by atoms with Crippen molar-refractivity contribution >= 4 is 16.9 Å². The Bertz CT molecular complexity index is 825. The average Bonchev–Trinajstić information content (AvgIpc) is 3.13. The number of carboxylic acid groups (broad SMARTS) is 1. The first-order valence-corrected chi connectivity index (χ1v) is 8.51. The molecule has 6 heteroatoms. The fourth-order valence-electron chi connectivity index (χ4n) is 4.84. The summed E-state index contributed by atoms with van der Waals surface area (Å²) in [5, 5.41) is 9.52. The molecule has 2 saturated carbocycles. The van der Waals surface area contributed by atoms with E-state index < -0.39 is 17.8 Å². The Morgan fingerprint density at radius 2 is 1.80 bits per heavy atom. The number of hydrogen-bond acceptors (Lipinski definition) is 2. The van der Waals surface area contributed by atoms with Crippen LogP contribution in [0.15, 0.2) is 30.5 Å². The molecule has 4 rings (SSSR count). The summed E-state index contributed by atoms with van der Waals surface area (Å²) >= 11 is 0. The Balaban J connectivity index is 1.56. The van der Waals surface area contributed by atoms with E-state index in [1.165, 1.54) is 12.1 Å². The third kappa shape index (κ3) is 2.68. The van der Waals surface area contributed by atoms with Gasteiger partial charge >= 0.3 is 11.9 Å². The minimum atomic E-state index is -3.65. The van der Waals surface area contributed by atoms with E-state index >= 15 is 0 Å². The summed E-state index contributed by atoms with van der Waals surface area (Å²) in [6, 6.07) is 6.39. The van der Waals surface area contributed by atoms with Crippen molar-refractivity contribution in [3.8, 4) is 0 Å². The molecule has 132 valence electrons. The number of aliphatic carboxylic acids is 1. The molecule has 0 amide bonds. The summed E-state index contributed by atoms with van der Waals surface area (Å²) in [4.78, 5) is 15.1. The van der Waals surface area contributed by atoms with E-state index in [4.69, 9.17) is 5.11 Å². The van der Waals surface area contributed by atoms with Gasteiger partial charge in [-0.2, -0.15) is 8.78 Å². The highest BCUT2D eigenvalue weighted by molar-refractivity contribution is 5.82. The maximum atomic E-state index is 13.8. The van der Waals surface area contributed by atoms with Gasteiger partial charge in [0, 0.05) is 17.5 Å². The second kappa shape index (κ2) is 5.71. The predicted octanol–water partition coefficient (Wildman–Crippen LogP) is 4.61. The number of aromatic nitrogens is 1. The van der Waals surface area contributed by atoms with Crippen LogP contribution in [0.2, 0.25) is 0 Å². The van der Waals surface area contributed by atoms with Crippen LogP contribution in [0.4, 0.5) is 13.2 Å². The van der Waals surface area contributed by atoms with Crippen molar-refractivity contribution < 1.29 is 23.1 Å². The van der Waals surface area contributed by atoms with E-state index in [1.54, 1.807) is 12.3 Å². The Morgan fingerprint density at radius 3 is 2.44 bits per heavy atom. The van der Waals surface area contributed by atoms with Crippen LogP contribution in [-0.2, 0) is 4.79 Å². The van der Waals surface area contributed by atoms with Crippen molar-refractivity contribution in [1.29, 1.82) is 0 Å². The molecule has 2 aromatic rings. The molecule has 4 atom stereocenters. The molecule has 0 saturated heterocycles. The first-order valence-electron chi connectivity index (χ1n) is 8.51. The van der Waals surface area contributed by atoms with Gasteiger partial charge in [-0.3, -0.25) is 4.98 Å². The maximum Gasteiger partial charge on any atom is 0.374 e. The van der Waals surface area contributed by atoms with Crippen LogP contribution < -0.4 is 0 Å². The first-order chi connectivity index (χ1) is 11.9. The van der Waals surface area contributed by atoms with Crippen LogP contribution >= 0.6 is 0 Å². The zero-order valence-corrected chi connectivity index (χ0v) is 13.5. The first kappa shape index (κ1) is 16.4. The number of rotatable bonds is 3. The maximum absolute atomic E-state index is 13.8. The Hall–Kier alpha value is -2.11. The molecule has 3 nitrogen and oxygen atoms in total. The Labute approximate surface area is 142 Å². The van der Waals surface area contributed by atoms with Crippen molar-refractivity contribution in [2.45, 2.75) is 37.5 Å². The van der Waals surface area contributed by atoms with E-state index in [9.17, 15) is 18.0 Å². The zero-order valence-electron chi connectivity index (χ0n) is 13.5. The number of alkyl halides is 2. The largest absolute Gasteiger partial charge is 0.477 e. The van der Waals surface area contributed by atoms with Gasteiger partial charge in [0.05, 0.1) is 5.52 Å². The number of nitrogens with zero attached hydrogens (tertiary/aromatic N) is 1. The van der Waals surface area contributed by atoms with Crippen molar-refractivity contribution in [3.63, 3.8) is 0 Å². The van der Waals surface area contributed by atoms with Crippen LogP contribution in [0.5, 0.6) is 0 Å². The molecule has 2 aliphatic rings. The van der Waals surface area contributed by atoms with E-state index in [0.29, 0.717) is 0 Å². The normalized spacial score (nSPS) is 29.1. The highest BCUT2D eigenvalue weighted by Gasteiger charge is 2.54. The molecule has 25 heavy (non-hydrogen) atoms. The number of pyridine rings is 1. The summed E-state index contributed by atoms with van der Waals surface area (Å²) in [6.07, 6.45) is 3.68. The van der Waals surface area contributed by atoms with Gasteiger partial charge in [0.2, 0.25) is 0 Å². The second-order valence-electron chi connectivity index (χ2n) is 7.35. The lowest BCUT2D eigenvalue weighted by molar-refractivity contribution is -0.173. The summed E-state index contributed by atoms with van der Waals surface area (Å²) in [5.74, 6) is -6.67. The van der Waals surface area contributed by atoms with Crippen LogP contribution in [0.1, 0.15) is 37.2 Å². The molecule has 0 spiro atoms. The summed E-state index contributed by atoms with van der Waals surface area (Å²) < 4.78 is 41.2. The van der Waals surface area contributed by atoms with E-state index in [1.807, 2.05) is 6.07 Å². The van der Waals surface area contributed by atoms with Gasteiger partial charge in [0.1, 0.15) is 5.82 Å². The quantitative estimate of drug-likeness (QED) is 0.880. The fraction of sp³-hybridized carbons (Fsp3) is 0.474. The zero-order chi connectivity index (χ0) is 17.8. The smallest absolute Gasteiger partial charge is 0.374 e. The minimum absolute atomic E-state index is 0.108. The highest BCUT2D eigenvalue weighted by Crippen LogP contribution is 2.56. The van der Waals surface area contributed by atoms with Gasteiger partial charge in [-0.15, -0.1) is 0 Å². The molecule has 2 fully saturated rings. The third-order valence-corrected chi connectivity index (χ3v) is 5.99. The molecular formula is C19H18F3NO2.